The van der Waals surface area contributed by atoms with Crippen LogP contribution in [0.1, 0.15) is 21.1 Å². The van der Waals surface area contributed by atoms with E-state index in [9.17, 15) is 9.18 Å². The summed E-state index contributed by atoms with van der Waals surface area (Å²) in [5.74, 6) is -0.592. The van der Waals surface area contributed by atoms with Gasteiger partial charge in [-0.1, -0.05) is 12.1 Å². The monoisotopic (exact) mass is 280 g/mol. The molecule has 0 aliphatic carbocycles. The SMILES string of the molecule is O=C(NCCO)c1csc(Cc2cccc(F)c2)n1. The first-order valence-corrected chi connectivity index (χ1v) is 6.65. The summed E-state index contributed by atoms with van der Waals surface area (Å²) in [7, 11) is 0. The molecule has 2 N–H and O–H groups in total. The second-order valence-corrected chi connectivity index (χ2v) is 4.86. The molecule has 0 fully saturated rings. The van der Waals surface area contributed by atoms with Crippen LogP contribution < -0.4 is 5.32 Å². The van der Waals surface area contributed by atoms with E-state index in [0.29, 0.717) is 12.1 Å². The van der Waals surface area contributed by atoms with Crippen molar-refractivity contribution >= 4 is 17.2 Å². The number of aromatic nitrogens is 1. The zero-order valence-electron chi connectivity index (χ0n) is 10.1. The summed E-state index contributed by atoms with van der Waals surface area (Å²) in [5, 5.41) is 13.6. The van der Waals surface area contributed by atoms with Gasteiger partial charge >= 0.3 is 0 Å². The van der Waals surface area contributed by atoms with Gasteiger partial charge in [0.25, 0.3) is 5.91 Å². The molecule has 4 nitrogen and oxygen atoms in total. The van der Waals surface area contributed by atoms with Crippen LogP contribution in [0.3, 0.4) is 0 Å². The zero-order chi connectivity index (χ0) is 13.7. The molecule has 0 saturated carbocycles. The summed E-state index contributed by atoms with van der Waals surface area (Å²) >= 11 is 1.36. The molecule has 1 amide bonds. The fraction of sp³-hybridized carbons (Fsp3) is 0.231. The maximum atomic E-state index is 13.0. The fourth-order valence-corrected chi connectivity index (χ4v) is 2.39. The largest absolute Gasteiger partial charge is 0.395 e. The minimum absolute atomic E-state index is 0.105. The Morgan fingerprint density at radius 1 is 1.47 bits per heavy atom. The van der Waals surface area contributed by atoms with Crippen molar-refractivity contribution < 1.29 is 14.3 Å². The van der Waals surface area contributed by atoms with Crippen LogP contribution in [0, 0.1) is 5.82 Å². The molecule has 2 rings (SSSR count). The van der Waals surface area contributed by atoms with Crippen LogP contribution in [-0.4, -0.2) is 29.1 Å². The molecule has 1 heterocycles. The van der Waals surface area contributed by atoms with Crippen LogP contribution in [0.25, 0.3) is 0 Å². The Bertz CT molecular complexity index is 571. The minimum Gasteiger partial charge on any atom is -0.395 e. The number of amides is 1. The van der Waals surface area contributed by atoms with Gasteiger partial charge in [-0.2, -0.15) is 0 Å². The van der Waals surface area contributed by atoms with Crippen LogP contribution in [0.2, 0.25) is 0 Å². The lowest BCUT2D eigenvalue weighted by molar-refractivity contribution is 0.0940. The molecule has 19 heavy (non-hydrogen) atoms. The highest BCUT2D eigenvalue weighted by atomic mass is 32.1. The number of nitrogens with zero attached hydrogens (tertiary/aromatic N) is 1. The molecular weight excluding hydrogens is 267 g/mol. The number of aliphatic hydroxyl groups is 1. The van der Waals surface area contributed by atoms with Crippen molar-refractivity contribution in [3.63, 3.8) is 0 Å². The summed E-state index contributed by atoms with van der Waals surface area (Å²) in [6, 6.07) is 6.30. The molecule has 0 aliphatic heterocycles. The van der Waals surface area contributed by atoms with Gasteiger partial charge in [-0.15, -0.1) is 11.3 Å². The number of hydrogen-bond acceptors (Lipinski definition) is 4. The second-order valence-electron chi connectivity index (χ2n) is 3.91. The molecule has 2 aromatic rings. The van der Waals surface area contributed by atoms with E-state index >= 15 is 0 Å². The molecular formula is C13H13FN2O2S. The number of hydrogen-bond donors (Lipinski definition) is 2. The normalized spacial score (nSPS) is 10.4. The Labute approximate surface area is 113 Å². The van der Waals surface area contributed by atoms with Crippen LogP contribution in [-0.2, 0) is 6.42 Å². The van der Waals surface area contributed by atoms with E-state index in [-0.39, 0.29) is 24.9 Å². The number of carbonyl (C=O) groups is 1. The summed E-state index contributed by atoms with van der Waals surface area (Å²) in [4.78, 5) is 15.8. The highest BCUT2D eigenvalue weighted by Gasteiger charge is 2.10. The van der Waals surface area contributed by atoms with E-state index in [1.165, 1.54) is 23.5 Å². The summed E-state index contributed by atoms with van der Waals surface area (Å²) < 4.78 is 13.0. The lowest BCUT2D eigenvalue weighted by Crippen LogP contribution is -2.26. The Kier molecular flexibility index (Phi) is 4.59. The Balaban J connectivity index is 2.03. The average Bonchev–Trinajstić information content (AvgIpc) is 2.84. The molecule has 1 aromatic carbocycles. The van der Waals surface area contributed by atoms with Crippen molar-refractivity contribution in [1.82, 2.24) is 10.3 Å². The summed E-state index contributed by atoms with van der Waals surface area (Å²) in [6.07, 6.45) is 0.496. The van der Waals surface area contributed by atoms with Crippen molar-refractivity contribution in [3.05, 3.63) is 51.7 Å². The van der Waals surface area contributed by atoms with Gasteiger partial charge in [0.15, 0.2) is 0 Å². The number of thiazole rings is 1. The van der Waals surface area contributed by atoms with Crippen LogP contribution in [0.5, 0.6) is 0 Å². The van der Waals surface area contributed by atoms with Gasteiger partial charge in [0.2, 0.25) is 0 Å². The third-order valence-electron chi connectivity index (χ3n) is 2.43. The minimum atomic E-state index is -0.309. The Morgan fingerprint density at radius 3 is 3.05 bits per heavy atom. The number of nitrogens with one attached hydrogen (secondary N) is 1. The Morgan fingerprint density at radius 2 is 2.32 bits per heavy atom. The molecule has 0 atom stereocenters. The lowest BCUT2D eigenvalue weighted by atomic mass is 10.1. The third kappa shape index (κ3) is 3.84. The predicted molar refractivity (Wildman–Crippen MR) is 70.7 cm³/mol. The third-order valence-corrected chi connectivity index (χ3v) is 3.27. The molecule has 0 bridgehead atoms. The van der Waals surface area contributed by atoms with Crippen molar-refractivity contribution in [2.24, 2.45) is 0 Å². The molecule has 6 heteroatoms. The number of rotatable bonds is 5. The fourth-order valence-electron chi connectivity index (χ4n) is 1.58. The summed E-state index contributed by atoms with van der Waals surface area (Å²) in [5.41, 5.74) is 1.14. The van der Waals surface area contributed by atoms with Gasteiger partial charge in [0.1, 0.15) is 11.5 Å². The first kappa shape index (κ1) is 13.6. The van der Waals surface area contributed by atoms with Gasteiger partial charge in [0, 0.05) is 18.3 Å². The van der Waals surface area contributed by atoms with E-state index in [1.54, 1.807) is 11.4 Å². The van der Waals surface area contributed by atoms with Crippen molar-refractivity contribution in [2.75, 3.05) is 13.2 Å². The number of halogens is 1. The number of aliphatic hydroxyl groups excluding tert-OH is 1. The van der Waals surface area contributed by atoms with Gasteiger partial charge in [-0.05, 0) is 17.7 Å². The molecule has 1 aromatic heterocycles. The quantitative estimate of drug-likeness (QED) is 0.874. The van der Waals surface area contributed by atoms with E-state index in [4.69, 9.17) is 5.11 Å². The average molecular weight is 280 g/mol. The zero-order valence-corrected chi connectivity index (χ0v) is 10.9. The van der Waals surface area contributed by atoms with E-state index in [2.05, 4.69) is 10.3 Å². The first-order chi connectivity index (χ1) is 9.19. The number of benzene rings is 1. The molecule has 0 unspecified atom stereocenters. The van der Waals surface area contributed by atoms with E-state index in [1.807, 2.05) is 6.07 Å². The van der Waals surface area contributed by atoms with E-state index < -0.39 is 0 Å². The lowest BCUT2D eigenvalue weighted by Gasteiger charge is -1.99. The van der Waals surface area contributed by atoms with Crippen LogP contribution in [0.15, 0.2) is 29.6 Å². The van der Waals surface area contributed by atoms with Gasteiger partial charge < -0.3 is 10.4 Å². The van der Waals surface area contributed by atoms with E-state index in [0.717, 1.165) is 10.6 Å². The van der Waals surface area contributed by atoms with Crippen molar-refractivity contribution in [2.45, 2.75) is 6.42 Å². The van der Waals surface area contributed by atoms with Gasteiger partial charge in [-0.3, -0.25) is 4.79 Å². The maximum Gasteiger partial charge on any atom is 0.270 e. The van der Waals surface area contributed by atoms with Crippen molar-refractivity contribution in [3.8, 4) is 0 Å². The first-order valence-electron chi connectivity index (χ1n) is 5.77. The molecule has 0 spiro atoms. The highest BCUT2D eigenvalue weighted by molar-refractivity contribution is 7.09. The molecule has 0 saturated heterocycles. The molecule has 0 aliphatic rings. The molecule has 100 valence electrons. The topological polar surface area (TPSA) is 62.2 Å². The second kappa shape index (κ2) is 6.40. The predicted octanol–water partition coefficient (Wildman–Crippen LogP) is 1.60. The van der Waals surface area contributed by atoms with Gasteiger partial charge in [0.05, 0.1) is 11.6 Å². The van der Waals surface area contributed by atoms with Crippen molar-refractivity contribution in [1.29, 1.82) is 0 Å². The summed E-state index contributed by atoms with van der Waals surface area (Å²) in [6.45, 7) is 0.0988. The highest BCUT2D eigenvalue weighted by Crippen LogP contribution is 2.15. The molecule has 0 radical (unpaired) electrons. The number of carbonyl (C=O) groups excluding carboxylic acids is 1. The smallest absolute Gasteiger partial charge is 0.270 e. The van der Waals surface area contributed by atoms with Crippen LogP contribution in [0.4, 0.5) is 4.39 Å². The van der Waals surface area contributed by atoms with Gasteiger partial charge in [-0.25, -0.2) is 9.37 Å². The van der Waals surface area contributed by atoms with Crippen LogP contribution >= 0.6 is 11.3 Å². The Hall–Kier alpha value is -1.79. The maximum absolute atomic E-state index is 13.0. The standard InChI is InChI=1S/C13H13FN2O2S/c14-10-3-1-2-9(6-10)7-12-16-11(8-19-12)13(18)15-4-5-17/h1-3,6,8,17H,4-5,7H2,(H,15,18).